The summed E-state index contributed by atoms with van der Waals surface area (Å²) in [6, 6.07) is 16.7. The van der Waals surface area contributed by atoms with Crippen molar-refractivity contribution < 1.29 is 18.0 Å². The number of thiophene rings is 1. The number of halogens is 1. The van der Waals surface area contributed by atoms with Gasteiger partial charge in [-0.1, -0.05) is 48.0 Å². The molecule has 0 radical (unpaired) electrons. The maximum atomic E-state index is 13.3. The van der Waals surface area contributed by atoms with Gasteiger partial charge in [-0.15, -0.1) is 11.3 Å². The minimum atomic E-state index is -3.95. The molecule has 1 fully saturated rings. The molecule has 35 heavy (non-hydrogen) atoms. The van der Waals surface area contributed by atoms with E-state index in [0.29, 0.717) is 31.0 Å². The van der Waals surface area contributed by atoms with Crippen molar-refractivity contribution >= 4 is 54.9 Å². The van der Waals surface area contributed by atoms with Gasteiger partial charge in [-0.2, -0.15) is 4.72 Å². The topological polar surface area (TPSA) is 86.8 Å². The number of amides is 2. The number of nitrogens with one attached hydrogen (secondary N) is 1. The Morgan fingerprint density at radius 1 is 1.20 bits per heavy atom. The van der Waals surface area contributed by atoms with E-state index in [4.69, 9.17) is 11.6 Å². The Labute approximate surface area is 214 Å². The van der Waals surface area contributed by atoms with E-state index in [9.17, 15) is 18.0 Å². The van der Waals surface area contributed by atoms with Crippen LogP contribution < -0.4 is 4.72 Å². The minimum absolute atomic E-state index is 0.0805. The second-order valence-corrected chi connectivity index (χ2v) is 12.5. The van der Waals surface area contributed by atoms with E-state index >= 15 is 0 Å². The summed E-state index contributed by atoms with van der Waals surface area (Å²) < 4.78 is 29.9. The summed E-state index contributed by atoms with van der Waals surface area (Å²) in [7, 11) is -2.23. The summed E-state index contributed by atoms with van der Waals surface area (Å²) in [6.07, 6.45) is 1.67. The van der Waals surface area contributed by atoms with Crippen molar-refractivity contribution in [2.75, 3.05) is 26.7 Å². The third-order valence-electron chi connectivity index (χ3n) is 6.28. The number of sulfonamides is 1. The van der Waals surface area contributed by atoms with Crippen LogP contribution in [-0.2, 0) is 26.0 Å². The van der Waals surface area contributed by atoms with Crippen molar-refractivity contribution in [3.63, 3.8) is 0 Å². The van der Waals surface area contributed by atoms with Crippen LogP contribution >= 0.6 is 22.9 Å². The molecule has 0 spiro atoms. The normalized spacial score (nSPS) is 18.7. The number of hydrogen-bond acceptors (Lipinski definition) is 5. The second-order valence-electron chi connectivity index (χ2n) is 9.07. The first-order valence-electron chi connectivity index (χ1n) is 11.4. The second kappa shape index (κ2) is 10.3. The number of nitrogens with zero attached hydrogens (tertiary/aromatic N) is 2. The summed E-state index contributed by atoms with van der Waals surface area (Å²) in [6.45, 7) is 2.45. The van der Waals surface area contributed by atoms with Crippen LogP contribution in [0, 0.1) is 0 Å². The van der Waals surface area contributed by atoms with Gasteiger partial charge in [-0.05, 0) is 55.3 Å². The first-order chi connectivity index (χ1) is 16.6. The highest BCUT2D eigenvalue weighted by Crippen LogP contribution is 2.33. The fourth-order valence-electron chi connectivity index (χ4n) is 4.24. The molecule has 1 aromatic heterocycles. The average Bonchev–Trinajstić information content (AvgIpc) is 3.25. The number of likely N-dealkylation sites (N-methyl/N-ethyl adjacent to an activating group) is 1. The lowest BCUT2D eigenvalue weighted by atomic mass is 9.91. The molecule has 2 aromatic carbocycles. The summed E-state index contributed by atoms with van der Waals surface area (Å²) in [5.41, 5.74) is -0.194. The Bertz CT molecular complexity index is 1340. The van der Waals surface area contributed by atoms with Crippen molar-refractivity contribution in [3.8, 4) is 0 Å². The van der Waals surface area contributed by atoms with Crippen molar-refractivity contribution in [2.45, 2.75) is 35.9 Å². The van der Waals surface area contributed by atoms with Gasteiger partial charge in [-0.25, -0.2) is 8.42 Å². The highest BCUT2D eigenvalue weighted by atomic mass is 35.5. The van der Waals surface area contributed by atoms with Crippen LogP contribution in [0.2, 0.25) is 5.02 Å². The molecule has 1 aliphatic rings. The summed E-state index contributed by atoms with van der Waals surface area (Å²) in [5.74, 6) is -0.566. The highest BCUT2D eigenvalue weighted by Gasteiger charge is 2.44. The molecule has 4 rings (SSSR count). The number of carbonyl (C=O) groups is 2. The first-order valence-corrected chi connectivity index (χ1v) is 14.1. The number of fused-ring (bicyclic) bond motifs is 1. The standard InChI is InChI=1S/C25H28ClN3O4S2/c1-25(27-35(32,33)23-15-19-9-10-20(26)16-21(19)34-23)12-6-13-29(24(25)31)17-22(30)28(2)14-11-18-7-4-3-5-8-18/h3-5,7-10,15-16,27H,6,11-14,17H2,1-2H3/t25-/m0/s1. The quantitative estimate of drug-likeness (QED) is 0.475. The molecule has 0 bridgehead atoms. The van der Waals surface area contributed by atoms with Gasteiger partial charge in [0.1, 0.15) is 9.75 Å². The Morgan fingerprint density at radius 2 is 1.94 bits per heavy atom. The van der Waals surface area contributed by atoms with Gasteiger partial charge in [0, 0.05) is 29.9 Å². The average molecular weight is 534 g/mol. The van der Waals surface area contributed by atoms with Gasteiger partial charge in [0.2, 0.25) is 11.8 Å². The molecule has 1 aliphatic heterocycles. The van der Waals surface area contributed by atoms with Gasteiger partial charge in [0.25, 0.3) is 10.0 Å². The molecule has 0 aliphatic carbocycles. The molecule has 1 N–H and O–H groups in total. The van der Waals surface area contributed by atoms with Crippen LogP contribution in [0.25, 0.3) is 10.1 Å². The molecule has 1 atom stereocenters. The molecule has 0 unspecified atom stereocenters. The maximum absolute atomic E-state index is 13.3. The van der Waals surface area contributed by atoms with E-state index in [1.807, 2.05) is 30.3 Å². The summed E-state index contributed by atoms with van der Waals surface area (Å²) in [5, 5.41) is 1.30. The van der Waals surface area contributed by atoms with Gasteiger partial charge >= 0.3 is 0 Å². The van der Waals surface area contributed by atoms with Gasteiger partial charge < -0.3 is 9.80 Å². The predicted molar refractivity (Wildman–Crippen MR) is 139 cm³/mol. The van der Waals surface area contributed by atoms with E-state index < -0.39 is 15.6 Å². The van der Waals surface area contributed by atoms with E-state index in [1.54, 1.807) is 43.1 Å². The number of rotatable bonds is 8. The zero-order chi connectivity index (χ0) is 25.2. The van der Waals surface area contributed by atoms with Crippen molar-refractivity contribution in [3.05, 3.63) is 65.2 Å². The summed E-state index contributed by atoms with van der Waals surface area (Å²) >= 11 is 7.14. The number of likely N-dealkylation sites (tertiary alicyclic amines) is 1. The molecular formula is C25H28ClN3O4S2. The van der Waals surface area contributed by atoms with Crippen LogP contribution in [0.3, 0.4) is 0 Å². The zero-order valence-corrected chi connectivity index (χ0v) is 22.0. The van der Waals surface area contributed by atoms with Crippen LogP contribution in [0.1, 0.15) is 25.3 Å². The van der Waals surface area contributed by atoms with Gasteiger partial charge in [0.05, 0.1) is 6.54 Å². The monoisotopic (exact) mass is 533 g/mol. The molecule has 2 amide bonds. The lowest BCUT2D eigenvalue weighted by Gasteiger charge is -2.39. The smallest absolute Gasteiger partial charge is 0.251 e. The Balaban J connectivity index is 1.42. The highest BCUT2D eigenvalue weighted by molar-refractivity contribution is 7.91. The van der Waals surface area contributed by atoms with E-state index in [-0.39, 0.29) is 22.6 Å². The lowest BCUT2D eigenvalue weighted by Crippen LogP contribution is -2.61. The van der Waals surface area contributed by atoms with E-state index in [1.165, 1.54) is 4.90 Å². The third kappa shape index (κ3) is 5.86. The SMILES string of the molecule is CN(CCc1ccccc1)C(=O)CN1CCC[C@](C)(NS(=O)(=O)c2cc3ccc(Cl)cc3s2)C1=O. The number of hydrogen-bond donors (Lipinski definition) is 1. The van der Waals surface area contributed by atoms with Gasteiger partial charge in [-0.3, -0.25) is 9.59 Å². The molecule has 0 saturated carbocycles. The van der Waals surface area contributed by atoms with Crippen LogP contribution in [0.15, 0.2) is 58.8 Å². The zero-order valence-electron chi connectivity index (χ0n) is 19.7. The molecule has 186 valence electrons. The van der Waals surface area contributed by atoms with Gasteiger partial charge in [0.15, 0.2) is 0 Å². The minimum Gasteiger partial charge on any atom is -0.344 e. The van der Waals surface area contributed by atoms with Crippen LogP contribution in [0.4, 0.5) is 0 Å². The lowest BCUT2D eigenvalue weighted by molar-refractivity contribution is -0.145. The third-order valence-corrected chi connectivity index (χ3v) is 9.68. The fraction of sp³-hybridized carbons (Fsp3) is 0.360. The molecule has 2 heterocycles. The molecule has 7 nitrogen and oxygen atoms in total. The van der Waals surface area contributed by atoms with E-state index in [2.05, 4.69) is 4.72 Å². The number of piperidine rings is 1. The molecule has 10 heteroatoms. The van der Waals surface area contributed by atoms with Crippen molar-refractivity contribution in [2.24, 2.45) is 0 Å². The largest absolute Gasteiger partial charge is 0.344 e. The fourth-order valence-corrected chi connectivity index (χ4v) is 7.31. The number of carbonyl (C=O) groups excluding carboxylic acids is 2. The summed E-state index contributed by atoms with van der Waals surface area (Å²) in [4.78, 5) is 29.2. The van der Waals surface area contributed by atoms with E-state index in [0.717, 1.165) is 33.4 Å². The first kappa shape index (κ1) is 25.6. The molecule has 1 saturated heterocycles. The Hall–Kier alpha value is -2.46. The van der Waals surface area contributed by atoms with Crippen LogP contribution in [0.5, 0.6) is 0 Å². The number of benzene rings is 2. The van der Waals surface area contributed by atoms with Crippen molar-refractivity contribution in [1.29, 1.82) is 0 Å². The maximum Gasteiger partial charge on any atom is 0.251 e. The molecule has 3 aromatic rings. The van der Waals surface area contributed by atoms with Crippen LogP contribution in [-0.4, -0.2) is 62.3 Å². The van der Waals surface area contributed by atoms with Crippen molar-refractivity contribution in [1.82, 2.24) is 14.5 Å². The Kier molecular flexibility index (Phi) is 7.51. The molecular weight excluding hydrogens is 506 g/mol. The Morgan fingerprint density at radius 3 is 2.69 bits per heavy atom. The predicted octanol–water partition coefficient (Wildman–Crippen LogP) is 3.92.